The van der Waals surface area contributed by atoms with Crippen LogP contribution in [-0.4, -0.2) is 31.2 Å². The minimum absolute atomic E-state index is 0.0382. The van der Waals surface area contributed by atoms with Crippen molar-refractivity contribution in [3.63, 3.8) is 0 Å². The standard InChI is InChI=1S/C23H24N6O6/c1-15(18-8-5-4-6-9-18)26-35-21-13-19(12-20(14-21)28(31)32)24-22(30)10-7-11-27-17(3)23(29(33)34)16(2)25-27/h4-6,8-9,12-14H,7,10-11H2,1-3H3,(H,24,30)/b26-15-. The molecule has 0 fully saturated rings. The first-order valence-electron chi connectivity index (χ1n) is 10.7. The number of non-ortho nitro benzene ring substituents is 1. The topological polar surface area (TPSA) is 155 Å². The second kappa shape index (κ2) is 11.0. The largest absolute Gasteiger partial charge is 0.356 e. The van der Waals surface area contributed by atoms with E-state index in [0.717, 1.165) is 5.56 Å². The SMILES string of the molecule is C/C(=N/Oc1cc(NC(=O)CCCn2nc(C)c([N+](=O)[O-])c2C)cc([N+](=O)[O-])c1)c1ccccc1. The molecule has 0 bridgehead atoms. The van der Waals surface area contributed by atoms with E-state index < -0.39 is 9.85 Å². The second-order valence-electron chi connectivity index (χ2n) is 7.76. The van der Waals surface area contributed by atoms with Crippen molar-refractivity contribution in [1.82, 2.24) is 9.78 Å². The molecule has 0 spiro atoms. The highest BCUT2D eigenvalue weighted by atomic mass is 16.6. The molecule has 0 aliphatic carbocycles. The van der Waals surface area contributed by atoms with Crippen LogP contribution in [0.15, 0.2) is 53.7 Å². The Labute approximate surface area is 200 Å². The zero-order chi connectivity index (χ0) is 25.5. The fourth-order valence-corrected chi connectivity index (χ4v) is 3.45. The highest BCUT2D eigenvalue weighted by Gasteiger charge is 2.21. The summed E-state index contributed by atoms with van der Waals surface area (Å²) in [6.07, 6.45) is 0.445. The predicted molar refractivity (Wildman–Crippen MR) is 129 cm³/mol. The minimum Gasteiger partial charge on any atom is -0.356 e. The van der Waals surface area contributed by atoms with Crippen LogP contribution in [0.3, 0.4) is 0 Å². The fourth-order valence-electron chi connectivity index (χ4n) is 3.45. The number of oxime groups is 1. The summed E-state index contributed by atoms with van der Waals surface area (Å²) in [6.45, 7) is 5.21. The number of rotatable bonds is 10. The summed E-state index contributed by atoms with van der Waals surface area (Å²) in [6, 6.07) is 13.2. The molecule has 1 heterocycles. The number of carbonyl (C=O) groups excluding carboxylic acids is 1. The van der Waals surface area contributed by atoms with Gasteiger partial charge in [0.25, 0.3) is 5.69 Å². The number of carbonyl (C=O) groups is 1. The first kappa shape index (κ1) is 25.0. The summed E-state index contributed by atoms with van der Waals surface area (Å²) in [4.78, 5) is 39.2. The summed E-state index contributed by atoms with van der Waals surface area (Å²) in [7, 11) is 0. The van der Waals surface area contributed by atoms with Crippen molar-refractivity contribution >= 4 is 28.7 Å². The molecule has 0 saturated heterocycles. The van der Waals surface area contributed by atoms with Gasteiger partial charge < -0.3 is 10.2 Å². The van der Waals surface area contributed by atoms with Crippen LogP contribution in [0.5, 0.6) is 5.75 Å². The number of hydrogen-bond acceptors (Lipinski definition) is 8. The molecule has 2 aromatic carbocycles. The Morgan fingerprint density at radius 3 is 2.46 bits per heavy atom. The van der Waals surface area contributed by atoms with Crippen molar-refractivity contribution in [3.8, 4) is 5.75 Å². The van der Waals surface area contributed by atoms with Gasteiger partial charge in [-0.25, -0.2) is 0 Å². The van der Waals surface area contributed by atoms with Crippen LogP contribution >= 0.6 is 0 Å². The van der Waals surface area contributed by atoms with Crippen molar-refractivity contribution in [2.45, 2.75) is 40.2 Å². The third-order valence-corrected chi connectivity index (χ3v) is 5.17. The number of nitrogens with one attached hydrogen (secondary N) is 1. The maximum absolute atomic E-state index is 12.4. The normalized spacial score (nSPS) is 11.2. The first-order valence-corrected chi connectivity index (χ1v) is 10.7. The van der Waals surface area contributed by atoms with E-state index in [2.05, 4.69) is 15.6 Å². The van der Waals surface area contributed by atoms with Gasteiger partial charge in [-0.1, -0.05) is 35.5 Å². The number of amides is 1. The number of anilines is 1. The van der Waals surface area contributed by atoms with E-state index in [9.17, 15) is 25.0 Å². The molecular formula is C23H24N6O6. The molecule has 3 rings (SSSR count). The lowest BCUT2D eigenvalue weighted by molar-refractivity contribution is -0.386. The van der Waals surface area contributed by atoms with Gasteiger partial charge in [0.15, 0.2) is 5.75 Å². The second-order valence-corrected chi connectivity index (χ2v) is 7.76. The summed E-state index contributed by atoms with van der Waals surface area (Å²) in [5, 5.41) is 33.3. The Morgan fingerprint density at radius 2 is 1.83 bits per heavy atom. The lowest BCUT2D eigenvalue weighted by Crippen LogP contribution is -2.13. The Balaban J connectivity index is 1.65. The molecule has 35 heavy (non-hydrogen) atoms. The molecule has 12 nitrogen and oxygen atoms in total. The lowest BCUT2D eigenvalue weighted by atomic mass is 10.1. The van der Waals surface area contributed by atoms with Crippen molar-refractivity contribution in [2.24, 2.45) is 5.16 Å². The van der Waals surface area contributed by atoms with Crippen LogP contribution in [-0.2, 0) is 11.3 Å². The highest BCUT2D eigenvalue weighted by molar-refractivity contribution is 5.98. The molecule has 1 N–H and O–H groups in total. The third-order valence-electron chi connectivity index (χ3n) is 5.17. The number of aryl methyl sites for hydroxylation is 2. The van der Waals surface area contributed by atoms with E-state index in [-0.39, 0.29) is 35.1 Å². The average molecular weight is 480 g/mol. The van der Waals surface area contributed by atoms with Crippen molar-refractivity contribution in [2.75, 3.05) is 5.32 Å². The third kappa shape index (κ3) is 6.47. The zero-order valence-electron chi connectivity index (χ0n) is 19.4. The Hall–Kier alpha value is -4.61. The Kier molecular flexibility index (Phi) is 7.87. The average Bonchev–Trinajstić information content (AvgIpc) is 3.10. The van der Waals surface area contributed by atoms with Gasteiger partial charge in [-0.15, -0.1) is 0 Å². The molecule has 1 aromatic heterocycles. The van der Waals surface area contributed by atoms with E-state index in [4.69, 9.17) is 4.84 Å². The highest BCUT2D eigenvalue weighted by Crippen LogP contribution is 2.27. The zero-order valence-corrected chi connectivity index (χ0v) is 19.4. The van der Waals surface area contributed by atoms with E-state index >= 15 is 0 Å². The van der Waals surface area contributed by atoms with Gasteiger partial charge >= 0.3 is 5.69 Å². The van der Waals surface area contributed by atoms with Crippen LogP contribution in [0.25, 0.3) is 0 Å². The Morgan fingerprint density at radius 1 is 1.11 bits per heavy atom. The van der Waals surface area contributed by atoms with Gasteiger partial charge in [0.1, 0.15) is 11.4 Å². The van der Waals surface area contributed by atoms with Crippen LogP contribution in [0.1, 0.15) is 36.7 Å². The molecule has 182 valence electrons. The van der Waals surface area contributed by atoms with Crippen LogP contribution < -0.4 is 10.2 Å². The molecular weight excluding hydrogens is 456 g/mol. The summed E-state index contributed by atoms with van der Waals surface area (Å²) < 4.78 is 1.49. The molecule has 0 unspecified atom stereocenters. The van der Waals surface area contributed by atoms with Gasteiger partial charge in [0.05, 0.1) is 27.3 Å². The van der Waals surface area contributed by atoms with Crippen LogP contribution in [0.2, 0.25) is 0 Å². The summed E-state index contributed by atoms with van der Waals surface area (Å²) >= 11 is 0. The molecule has 0 atom stereocenters. The monoisotopic (exact) mass is 480 g/mol. The van der Waals surface area contributed by atoms with Crippen LogP contribution in [0.4, 0.5) is 17.1 Å². The fraction of sp³-hybridized carbons (Fsp3) is 0.261. The summed E-state index contributed by atoms with van der Waals surface area (Å²) in [5.41, 5.74) is 2.02. The molecule has 12 heteroatoms. The maximum Gasteiger partial charge on any atom is 0.312 e. The molecule has 0 aliphatic heterocycles. The van der Waals surface area contributed by atoms with Gasteiger partial charge in [0, 0.05) is 25.1 Å². The lowest BCUT2D eigenvalue weighted by Gasteiger charge is -2.08. The number of nitro benzene ring substituents is 1. The quantitative estimate of drug-likeness (QED) is 0.254. The van der Waals surface area contributed by atoms with E-state index in [0.29, 0.717) is 30.1 Å². The Bertz CT molecular complexity index is 1290. The van der Waals surface area contributed by atoms with Crippen molar-refractivity contribution in [1.29, 1.82) is 0 Å². The van der Waals surface area contributed by atoms with E-state index in [1.807, 2.05) is 30.3 Å². The van der Waals surface area contributed by atoms with E-state index in [1.54, 1.807) is 20.8 Å². The number of aromatic nitrogens is 2. The molecule has 3 aromatic rings. The number of nitrogens with zero attached hydrogens (tertiary/aromatic N) is 5. The van der Waals surface area contributed by atoms with Gasteiger partial charge in [0.2, 0.25) is 5.91 Å². The van der Waals surface area contributed by atoms with E-state index in [1.165, 1.54) is 22.9 Å². The summed E-state index contributed by atoms with van der Waals surface area (Å²) in [5.74, 6) is -0.281. The molecule has 0 aliphatic rings. The van der Waals surface area contributed by atoms with Crippen LogP contribution in [0, 0.1) is 34.1 Å². The van der Waals surface area contributed by atoms with Crippen molar-refractivity contribution < 1.29 is 19.5 Å². The van der Waals surface area contributed by atoms with Crippen molar-refractivity contribution in [3.05, 3.63) is 85.7 Å². The number of hydrogen-bond donors (Lipinski definition) is 1. The molecule has 1 amide bonds. The smallest absolute Gasteiger partial charge is 0.312 e. The van der Waals surface area contributed by atoms with Gasteiger partial charge in [-0.05, 0) is 32.8 Å². The maximum atomic E-state index is 12.4. The minimum atomic E-state index is -0.591. The van der Waals surface area contributed by atoms with Gasteiger partial charge in [-0.2, -0.15) is 5.10 Å². The molecule has 0 radical (unpaired) electrons. The first-order chi connectivity index (χ1) is 16.7. The predicted octanol–water partition coefficient (Wildman–Crippen LogP) is 4.54. The molecule has 0 saturated carbocycles. The van der Waals surface area contributed by atoms with Gasteiger partial charge in [-0.3, -0.25) is 29.7 Å². The number of benzene rings is 2. The number of nitro groups is 2.